The lowest BCUT2D eigenvalue weighted by atomic mass is 9.76. The van der Waals surface area contributed by atoms with Crippen molar-refractivity contribution in [2.75, 3.05) is 37.4 Å². The molecule has 196 valence electrons. The van der Waals surface area contributed by atoms with Gasteiger partial charge in [-0.05, 0) is 54.9 Å². The molecule has 1 aliphatic heterocycles. The van der Waals surface area contributed by atoms with Crippen LogP contribution < -0.4 is 16.2 Å². The highest BCUT2D eigenvalue weighted by molar-refractivity contribution is 7.99. The highest BCUT2D eigenvalue weighted by atomic mass is 35.5. The Bertz CT molecular complexity index is 1540. The minimum atomic E-state index is -0.210. The summed E-state index contributed by atoms with van der Waals surface area (Å²) in [5.41, 5.74) is 9.63. The van der Waals surface area contributed by atoms with Gasteiger partial charge in [0.25, 0.3) is 5.56 Å². The minimum Gasteiger partial charge on any atom is -0.383 e. The summed E-state index contributed by atoms with van der Waals surface area (Å²) in [6, 6.07) is 7.85. The van der Waals surface area contributed by atoms with Crippen LogP contribution in [-0.2, 0) is 24.1 Å². The Morgan fingerprint density at radius 2 is 2.00 bits per heavy atom. The molecule has 1 saturated heterocycles. The summed E-state index contributed by atoms with van der Waals surface area (Å²) >= 11 is 7.99. The van der Waals surface area contributed by atoms with Crippen molar-refractivity contribution in [3.63, 3.8) is 0 Å². The van der Waals surface area contributed by atoms with Crippen LogP contribution in [0.1, 0.15) is 24.1 Å². The second kappa shape index (κ2) is 10.2. The van der Waals surface area contributed by atoms with Crippen LogP contribution in [0.15, 0.2) is 57.7 Å². The van der Waals surface area contributed by atoms with E-state index in [0.29, 0.717) is 50.2 Å². The van der Waals surface area contributed by atoms with E-state index in [0.717, 1.165) is 44.6 Å². The van der Waals surface area contributed by atoms with Gasteiger partial charge in [-0.3, -0.25) is 14.3 Å². The summed E-state index contributed by atoms with van der Waals surface area (Å²) in [7, 11) is 1.59. The molecule has 9 nitrogen and oxygen atoms in total. The topological polar surface area (TPSA) is 112 Å². The molecule has 4 aromatic rings. The highest BCUT2D eigenvalue weighted by Crippen LogP contribution is 2.44. The van der Waals surface area contributed by atoms with Crippen LogP contribution in [0, 0.1) is 5.41 Å². The predicted molar refractivity (Wildman–Crippen MR) is 149 cm³/mol. The fraction of sp³-hybridized carbons (Fsp3) is 0.370. The summed E-state index contributed by atoms with van der Waals surface area (Å²) in [6.45, 7) is 2.62. The second-order valence-corrected chi connectivity index (χ2v) is 11.4. The number of methoxy groups -OCH3 is 1. The quantitative estimate of drug-likeness (QED) is 0.381. The van der Waals surface area contributed by atoms with Crippen LogP contribution >= 0.6 is 23.4 Å². The number of aromatic nitrogens is 5. The standard InChI is InChI=1S/C27H28ClN7O2S/c1-37-12-11-35-16-32-18-4-5-20(23(28)22(18)26(35)36)38-25-24(29)33-21(15-31-25)34-9-6-27(7-10-34)13-17-3-2-8-30-19(17)14-27/h2-5,8,15-16H,6-7,9-14H2,1H3,(H2,29,33). The van der Waals surface area contributed by atoms with Gasteiger partial charge in [0.05, 0.1) is 41.6 Å². The molecule has 38 heavy (non-hydrogen) atoms. The van der Waals surface area contributed by atoms with Crippen LogP contribution in [-0.4, -0.2) is 51.3 Å². The van der Waals surface area contributed by atoms with E-state index >= 15 is 0 Å². The number of nitrogens with two attached hydrogens (primary N) is 1. The van der Waals surface area contributed by atoms with E-state index in [1.54, 1.807) is 19.4 Å². The number of benzene rings is 1. The van der Waals surface area contributed by atoms with Gasteiger partial charge in [0.1, 0.15) is 10.8 Å². The zero-order valence-electron chi connectivity index (χ0n) is 21.1. The third kappa shape index (κ3) is 4.61. The van der Waals surface area contributed by atoms with Gasteiger partial charge in [-0.25, -0.2) is 15.0 Å². The zero-order chi connectivity index (χ0) is 26.3. The third-order valence-electron chi connectivity index (χ3n) is 7.63. The van der Waals surface area contributed by atoms with Gasteiger partial charge in [0, 0.05) is 37.0 Å². The number of nitrogens with zero attached hydrogens (tertiary/aromatic N) is 6. The van der Waals surface area contributed by atoms with Crippen molar-refractivity contribution in [1.29, 1.82) is 0 Å². The lowest BCUT2D eigenvalue weighted by Gasteiger charge is -2.39. The van der Waals surface area contributed by atoms with Gasteiger partial charge < -0.3 is 15.4 Å². The molecule has 6 rings (SSSR count). The molecule has 3 aromatic heterocycles. The van der Waals surface area contributed by atoms with Crippen molar-refractivity contribution in [2.24, 2.45) is 5.41 Å². The summed E-state index contributed by atoms with van der Waals surface area (Å²) in [4.78, 5) is 34.2. The molecular weight excluding hydrogens is 522 g/mol. The van der Waals surface area contributed by atoms with E-state index in [4.69, 9.17) is 22.1 Å². The van der Waals surface area contributed by atoms with Gasteiger partial charge in [0.15, 0.2) is 5.82 Å². The number of hydrogen-bond acceptors (Lipinski definition) is 9. The maximum atomic E-state index is 13.0. The van der Waals surface area contributed by atoms with Crippen LogP contribution in [0.25, 0.3) is 10.9 Å². The third-order valence-corrected chi connectivity index (χ3v) is 9.20. The SMILES string of the molecule is COCCn1cnc2ccc(Sc3ncc(N4CCC5(CC4)Cc4cccnc4C5)nc3N)c(Cl)c2c1=O. The molecule has 0 saturated carbocycles. The number of ether oxygens (including phenoxy) is 1. The van der Waals surface area contributed by atoms with Crippen molar-refractivity contribution in [3.05, 3.63) is 69.6 Å². The summed E-state index contributed by atoms with van der Waals surface area (Å²) < 4.78 is 6.59. The Labute approximate surface area is 229 Å². The maximum absolute atomic E-state index is 13.0. The normalized spacial score (nSPS) is 16.3. The molecule has 2 N–H and O–H groups in total. The van der Waals surface area contributed by atoms with Crippen LogP contribution in [0.4, 0.5) is 11.6 Å². The fourth-order valence-corrected chi connectivity index (χ4v) is 6.66. The molecule has 4 heterocycles. The molecule has 0 radical (unpaired) electrons. The smallest absolute Gasteiger partial charge is 0.262 e. The first-order valence-electron chi connectivity index (χ1n) is 12.6. The number of halogens is 1. The summed E-state index contributed by atoms with van der Waals surface area (Å²) in [5, 5.41) is 1.24. The van der Waals surface area contributed by atoms with Gasteiger partial charge in [-0.15, -0.1) is 0 Å². The molecule has 0 unspecified atom stereocenters. The zero-order valence-corrected chi connectivity index (χ0v) is 22.6. The van der Waals surface area contributed by atoms with Gasteiger partial charge in [-0.2, -0.15) is 0 Å². The molecular formula is C27H28ClN7O2S. The van der Waals surface area contributed by atoms with E-state index < -0.39 is 0 Å². The Kier molecular flexibility index (Phi) is 6.71. The minimum absolute atomic E-state index is 0.210. The molecule has 1 fully saturated rings. The van der Waals surface area contributed by atoms with E-state index in [2.05, 4.69) is 30.9 Å². The van der Waals surface area contributed by atoms with E-state index in [9.17, 15) is 4.79 Å². The lowest BCUT2D eigenvalue weighted by molar-refractivity contribution is 0.186. The summed E-state index contributed by atoms with van der Waals surface area (Å²) in [6.07, 6.45) is 9.52. The lowest BCUT2D eigenvalue weighted by Crippen LogP contribution is -2.41. The van der Waals surface area contributed by atoms with Gasteiger partial charge >= 0.3 is 0 Å². The molecule has 1 aromatic carbocycles. The van der Waals surface area contributed by atoms with E-state index in [1.165, 1.54) is 33.9 Å². The molecule has 1 aliphatic carbocycles. The Morgan fingerprint density at radius 1 is 1.16 bits per heavy atom. The van der Waals surface area contributed by atoms with E-state index in [1.807, 2.05) is 18.3 Å². The molecule has 0 amide bonds. The van der Waals surface area contributed by atoms with Gasteiger partial charge in [0.2, 0.25) is 0 Å². The maximum Gasteiger partial charge on any atom is 0.262 e. The van der Waals surface area contributed by atoms with Crippen molar-refractivity contribution < 1.29 is 4.74 Å². The molecule has 1 spiro atoms. The average Bonchev–Trinajstić information content (AvgIpc) is 3.28. The molecule has 2 aliphatic rings. The molecule has 0 atom stereocenters. The largest absolute Gasteiger partial charge is 0.383 e. The van der Waals surface area contributed by atoms with Crippen LogP contribution in [0.2, 0.25) is 5.02 Å². The average molecular weight is 550 g/mol. The number of nitrogen functional groups attached to an aromatic ring is 1. The first-order valence-corrected chi connectivity index (χ1v) is 13.8. The Hall–Kier alpha value is -3.21. The van der Waals surface area contributed by atoms with Crippen LogP contribution in [0.3, 0.4) is 0 Å². The van der Waals surface area contributed by atoms with E-state index in [-0.39, 0.29) is 5.56 Å². The monoisotopic (exact) mass is 549 g/mol. The predicted octanol–water partition coefficient (Wildman–Crippen LogP) is 4.00. The van der Waals surface area contributed by atoms with Crippen molar-refractivity contribution in [3.8, 4) is 0 Å². The molecule has 0 bridgehead atoms. The van der Waals surface area contributed by atoms with Crippen LogP contribution in [0.5, 0.6) is 0 Å². The number of anilines is 2. The highest BCUT2D eigenvalue weighted by Gasteiger charge is 2.40. The second-order valence-electron chi connectivity index (χ2n) is 9.98. The summed E-state index contributed by atoms with van der Waals surface area (Å²) in [5.74, 6) is 1.12. The van der Waals surface area contributed by atoms with Gasteiger partial charge in [-0.1, -0.05) is 29.4 Å². The van der Waals surface area contributed by atoms with Crippen molar-refractivity contribution in [1.82, 2.24) is 24.5 Å². The first kappa shape index (κ1) is 25.1. The number of hydrogen-bond donors (Lipinski definition) is 1. The first-order chi connectivity index (χ1) is 18.5. The Morgan fingerprint density at radius 3 is 2.76 bits per heavy atom. The number of piperidine rings is 1. The van der Waals surface area contributed by atoms with Crippen molar-refractivity contribution >= 4 is 45.9 Å². The number of fused-ring (bicyclic) bond motifs is 2. The number of pyridine rings is 1. The fourth-order valence-electron chi connectivity index (χ4n) is 5.51. The molecule has 11 heteroatoms. The van der Waals surface area contributed by atoms with Crippen molar-refractivity contribution in [2.45, 2.75) is 42.1 Å². The number of rotatable bonds is 6. The Balaban J connectivity index is 1.18.